The van der Waals surface area contributed by atoms with Crippen molar-refractivity contribution in [3.8, 4) is 0 Å². The molecule has 0 saturated carbocycles. The lowest BCUT2D eigenvalue weighted by Gasteiger charge is -2.26. The van der Waals surface area contributed by atoms with E-state index in [1.807, 2.05) is 12.3 Å². The Labute approximate surface area is 135 Å². The first-order valence-electron chi connectivity index (χ1n) is 7.64. The number of benzene rings is 1. The number of fused-ring (bicyclic) bond motifs is 1. The molecule has 110 valence electrons. The molecular weight excluding hydrogens is 324 g/mol. The normalized spacial score (nSPS) is 18.5. The summed E-state index contributed by atoms with van der Waals surface area (Å²) in [5.41, 5.74) is 5.31. The molecule has 1 N–H and O–H groups in total. The first-order valence-corrected chi connectivity index (χ1v) is 8.43. The predicted molar refractivity (Wildman–Crippen MR) is 90.6 cm³/mol. The standard InChI is InChI=1S/C18H21BrN2/c1-3-20-18(14-8-6-12(2)11-16(14)19)15-9-7-13-5-4-10-21-17(13)15/h4-6,8,10-11,15,18,20H,3,7,9H2,1-2H3. The number of nitrogens with zero attached hydrogens (tertiary/aromatic N) is 1. The van der Waals surface area contributed by atoms with Crippen LogP contribution in [0.1, 0.15) is 47.7 Å². The summed E-state index contributed by atoms with van der Waals surface area (Å²) in [5, 5.41) is 3.67. The molecule has 0 fully saturated rings. The molecule has 21 heavy (non-hydrogen) atoms. The van der Waals surface area contributed by atoms with Crippen molar-refractivity contribution in [2.45, 2.75) is 38.6 Å². The Morgan fingerprint density at radius 2 is 2.24 bits per heavy atom. The van der Waals surface area contributed by atoms with E-state index in [4.69, 9.17) is 0 Å². The van der Waals surface area contributed by atoms with Crippen LogP contribution in [0.3, 0.4) is 0 Å². The number of likely N-dealkylation sites (N-methyl/N-ethyl adjacent to an activating group) is 1. The molecule has 1 heterocycles. The van der Waals surface area contributed by atoms with Gasteiger partial charge in [-0.15, -0.1) is 0 Å². The van der Waals surface area contributed by atoms with Gasteiger partial charge in [-0.2, -0.15) is 0 Å². The fourth-order valence-corrected chi connectivity index (χ4v) is 4.08. The maximum absolute atomic E-state index is 4.66. The maximum atomic E-state index is 4.66. The van der Waals surface area contributed by atoms with Gasteiger partial charge in [-0.1, -0.05) is 41.1 Å². The quantitative estimate of drug-likeness (QED) is 0.880. The minimum absolute atomic E-state index is 0.320. The highest BCUT2D eigenvalue weighted by molar-refractivity contribution is 9.10. The molecule has 1 aliphatic carbocycles. The van der Waals surface area contributed by atoms with Crippen LogP contribution < -0.4 is 5.32 Å². The summed E-state index contributed by atoms with van der Waals surface area (Å²) in [5.74, 6) is 0.458. The number of aryl methyl sites for hydroxylation is 2. The number of rotatable bonds is 4. The molecule has 1 aromatic heterocycles. The number of pyridine rings is 1. The minimum atomic E-state index is 0.320. The molecule has 2 nitrogen and oxygen atoms in total. The molecular formula is C18H21BrN2. The largest absolute Gasteiger partial charge is 0.310 e. The number of nitrogens with one attached hydrogen (secondary N) is 1. The number of halogens is 1. The maximum Gasteiger partial charge on any atom is 0.0485 e. The third kappa shape index (κ3) is 2.90. The van der Waals surface area contributed by atoms with Crippen LogP contribution >= 0.6 is 15.9 Å². The van der Waals surface area contributed by atoms with Gasteiger partial charge in [0.1, 0.15) is 0 Å². The molecule has 1 aromatic carbocycles. The zero-order valence-corrected chi connectivity index (χ0v) is 14.2. The lowest BCUT2D eigenvalue weighted by atomic mass is 9.90. The Balaban J connectivity index is 1.99. The first-order chi connectivity index (χ1) is 10.2. The van der Waals surface area contributed by atoms with Crippen molar-refractivity contribution < 1.29 is 0 Å². The summed E-state index contributed by atoms with van der Waals surface area (Å²) in [6.07, 6.45) is 4.23. The van der Waals surface area contributed by atoms with Crippen LogP contribution in [0.4, 0.5) is 0 Å². The van der Waals surface area contributed by atoms with Crippen molar-refractivity contribution in [3.05, 3.63) is 63.4 Å². The third-order valence-corrected chi connectivity index (χ3v) is 5.01. The molecule has 2 atom stereocenters. The monoisotopic (exact) mass is 344 g/mol. The molecule has 0 amide bonds. The van der Waals surface area contributed by atoms with Crippen LogP contribution in [0.15, 0.2) is 41.0 Å². The van der Waals surface area contributed by atoms with E-state index >= 15 is 0 Å². The van der Waals surface area contributed by atoms with Gasteiger partial charge in [0, 0.05) is 28.3 Å². The second kappa shape index (κ2) is 6.29. The number of aromatic nitrogens is 1. The van der Waals surface area contributed by atoms with Crippen molar-refractivity contribution in [3.63, 3.8) is 0 Å². The topological polar surface area (TPSA) is 24.9 Å². The van der Waals surface area contributed by atoms with Crippen molar-refractivity contribution in [2.75, 3.05) is 6.54 Å². The van der Waals surface area contributed by atoms with Gasteiger partial charge < -0.3 is 5.32 Å². The Kier molecular flexibility index (Phi) is 4.41. The molecule has 3 heteroatoms. The van der Waals surface area contributed by atoms with Gasteiger partial charge in [-0.3, -0.25) is 4.98 Å². The van der Waals surface area contributed by atoms with E-state index in [0.29, 0.717) is 12.0 Å². The fourth-order valence-electron chi connectivity index (χ4n) is 3.34. The van der Waals surface area contributed by atoms with Crippen molar-refractivity contribution in [1.82, 2.24) is 10.3 Å². The van der Waals surface area contributed by atoms with Crippen LogP contribution in [0, 0.1) is 6.92 Å². The Morgan fingerprint density at radius 1 is 1.38 bits per heavy atom. The highest BCUT2D eigenvalue weighted by Crippen LogP contribution is 2.42. The van der Waals surface area contributed by atoms with E-state index in [1.165, 1.54) is 33.3 Å². The molecule has 3 rings (SSSR count). The predicted octanol–water partition coefficient (Wildman–Crippen LogP) is 4.53. The highest BCUT2D eigenvalue weighted by Gasteiger charge is 2.32. The van der Waals surface area contributed by atoms with Crippen molar-refractivity contribution in [2.24, 2.45) is 0 Å². The number of hydrogen-bond acceptors (Lipinski definition) is 2. The van der Waals surface area contributed by atoms with Gasteiger partial charge in [0.2, 0.25) is 0 Å². The number of hydrogen-bond donors (Lipinski definition) is 1. The second-order valence-corrected chi connectivity index (χ2v) is 6.61. The molecule has 2 aromatic rings. The van der Waals surface area contributed by atoms with Crippen molar-refractivity contribution >= 4 is 15.9 Å². The molecule has 0 saturated heterocycles. The molecule has 1 aliphatic rings. The summed E-state index contributed by atoms with van der Waals surface area (Å²) in [7, 11) is 0. The average Bonchev–Trinajstić information content (AvgIpc) is 2.89. The molecule has 0 aliphatic heterocycles. The van der Waals surface area contributed by atoms with Gasteiger partial charge in [0.25, 0.3) is 0 Å². The first kappa shape index (κ1) is 14.7. The average molecular weight is 345 g/mol. The van der Waals surface area contributed by atoms with Crippen molar-refractivity contribution in [1.29, 1.82) is 0 Å². The molecule has 0 radical (unpaired) electrons. The van der Waals surface area contributed by atoms with Crippen LogP contribution in [0.5, 0.6) is 0 Å². The van der Waals surface area contributed by atoms with Gasteiger partial charge in [-0.25, -0.2) is 0 Å². The van der Waals surface area contributed by atoms with E-state index in [2.05, 4.69) is 64.3 Å². The molecule has 2 unspecified atom stereocenters. The van der Waals surface area contributed by atoms with E-state index in [-0.39, 0.29) is 0 Å². The second-order valence-electron chi connectivity index (χ2n) is 5.75. The zero-order valence-electron chi connectivity index (χ0n) is 12.6. The van der Waals surface area contributed by atoms with E-state index in [1.54, 1.807) is 0 Å². The Hall–Kier alpha value is -1.19. The zero-order chi connectivity index (χ0) is 14.8. The SMILES string of the molecule is CCNC(c1ccc(C)cc1Br)C1CCc2cccnc21. The minimum Gasteiger partial charge on any atom is -0.310 e. The van der Waals surface area contributed by atoms with E-state index in [0.717, 1.165) is 13.0 Å². The third-order valence-electron chi connectivity index (χ3n) is 4.32. The summed E-state index contributed by atoms with van der Waals surface area (Å²) in [6, 6.07) is 11.2. The summed E-state index contributed by atoms with van der Waals surface area (Å²) in [4.78, 5) is 4.66. The van der Waals surface area contributed by atoms with Gasteiger partial charge >= 0.3 is 0 Å². The van der Waals surface area contributed by atoms with Gasteiger partial charge in [0.15, 0.2) is 0 Å². The molecule has 0 spiro atoms. The van der Waals surface area contributed by atoms with E-state index in [9.17, 15) is 0 Å². The van der Waals surface area contributed by atoms with Crippen LogP contribution in [-0.4, -0.2) is 11.5 Å². The van der Waals surface area contributed by atoms with Gasteiger partial charge in [-0.05, 0) is 55.1 Å². The van der Waals surface area contributed by atoms with Crippen LogP contribution in [0.2, 0.25) is 0 Å². The summed E-state index contributed by atoms with van der Waals surface area (Å²) < 4.78 is 1.19. The fraction of sp³-hybridized carbons (Fsp3) is 0.389. The Morgan fingerprint density at radius 3 is 3.00 bits per heavy atom. The summed E-state index contributed by atoms with van der Waals surface area (Å²) >= 11 is 3.74. The van der Waals surface area contributed by atoms with Crippen LogP contribution in [-0.2, 0) is 6.42 Å². The van der Waals surface area contributed by atoms with Crippen LogP contribution in [0.25, 0.3) is 0 Å². The molecule has 0 bridgehead atoms. The lowest BCUT2D eigenvalue weighted by molar-refractivity contribution is 0.446. The van der Waals surface area contributed by atoms with E-state index < -0.39 is 0 Å². The van der Waals surface area contributed by atoms with Gasteiger partial charge in [0.05, 0.1) is 0 Å². The highest BCUT2D eigenvalue weighted by atomic mass is 79.9. The lowest BCUT2D eigenvalue weighted by Crippen LogP contribution is -2.27. The summed E-state index contributed by atoms with van der Waals surface area (Å²) in [6.45, 7) is 5.26. The Bertz CT molecular complexity index is 639. The smallest absolute Gasteiger partial charge is 0.0485 e.